The minimum Gasteiger partial charge on any atom is -0.365 e. The quantitative estimate of drug-likeness (QED) is 0.534. The SMILES string of the molecule is C[C@H](NC(=O)Cc1cc(F)cc(F)c1)C(=O)N[C@@H]1C(=O)N(CC2CC2)C2CCCCC2O[C@@H]1c1ccccc1. The third-order valence-electron chi connectivity index (χ3n) is 7.88. The lowest BCUT2D eigenvalue weighted by molar-refractivity contribution is -0.139. The third kappa shape index (κ3) is 6.64. The zero-order valence-corrected chi connectivity index (χ0v) is 22.1. The van der Waals surface area contributed by atoms with Gasteiger partial charge in [0.2, 0.25) is 17.7 Å². The van der Waals surface area contributed by atoms with Crippen molar-refractivity contribution in [3.8, 4) is 0 Å². The lowest BCUT2D eigenvalue weighted by Crippen LogP contribution is -2.56. The van der Waals surface area contributed by atoms with Crippen molar-refractivity contribution in [3.63, 3.8) is 0 Å². The first-order valence-electron chi connectivity index (χ1n) is 13.8. The normalized spacial score (nSPS) is 25.8. The van der Waals surface area contributed by atoms with E-state index in [2.05, 4.69) is 10.6 Å². The molecule has 5 rings (SSSR count). The van der Waals surface area contributed by atoms with Gasteiger partial charge in [0.05, 0.1) is 18.6 Å². The summed E-state index contributed by atoms with van der Waals surface area (Å²) >= 11 is 0. The van der Waals surface area contributed by atoms with Gasteiger partial charge in [-0.3, -0.25) is 14.4 Å². The summed E-state index contributed by atoms with van der Waals surface area (Å²) < 4.78 is 33.7. The Labute approximate surface area is 227 Å². The summed E-state index contributed by atoms with van der Waals surface area (Å²) in [5, 5.41) is 5.47. The number of fused-ring (bicyclic) bond motifs is 1. The first kappa shape index (κ1) is 27.2. The minimum absolute atomic E-state index is 0.0243. The van der Waals surface area contributed by atoms with Gasteiger partial charge in [0.25, 0.3) is 0 Å². The van der Waals surface area contributed by atoms with Crippen LogP contribution in [0.3, 0.4) is 0 Å². The molecule has 0 aromatic heterocycles. The van der Waals surface area contributed by atoms with Gasteiger partial charge in [-0.2, -0.15) is 0 Å². The van der Waals surface area contributed by atoms with Crippen molar-refractivity contribution >= 4 is 17.7 Å². The smallest absolute Gasteiger partial charge is 0.248 e. The number of rotatable bonds is 8. The molecule has 2 aromatic rings. The second kappa shape index (κ2) is 11.8. The second-order valence-electron chi connectivity index (χ2n) is 11.0. The van der Waals surface area contributed by atoms with Crippen LogP contribution in [0.5, 0.6) is 0 Å². The van der Waals surface area contributed by atoms with Crippen LogP contribution in [-0.2, 0) is 25.5 Å². The Balaban J connectivity index is 1.34. The Kier molecular flexibility index (Phi) is 8.26. The standard InChI is InChI=1S/C30H35F2N3O4/c1-18(33-26(36)15-20-13-22(31)16-23(32)14-20)29(37)34-27-28(21-7-3-2-4-8-21)39-25-10-6-5-9-24(25)35(30(27)38)17-19-11-12-19/h2-4,7-8,13-14,16,18-19,24-25,27-28H,5-6,9-12,15,17H2,1H3,(H,33,36)(H,34,37)/t18-,24?,25?,27-,28+/m0/s1. The molecule has 3 fully saturated rings. The molecule has 1 heterocycles. The van der Waals surface area contributed by atoms with Crippen LogP contribution in [0.4, 0.5) is 8.78 Å². The molecule has 2 N–H and O–H groups in total. The molecule has 3 aliphatic rings. The largest absolute Gasteiger partial charge is 0.365 e. The molecule has 1 aliphatic heterocycles. The van der Waals surface area contributed by atoms with E-state index in [0.29, 0.717) is 12.5 Å². The van der Waals surface area contributed by atoms with Crippen LogP contribution >= 0.6 is 0 Å². The summed E-state index contributed by atoms with van der Waals surface area (Å²) in [6.07, 6.45) is 4.91. The van der Waals surface area contributed by atoms with Crippen molar-refractivity contribution < 1.29 is 27.9 Å². The van der Waals surface area contributed by atoms with Crippen molar-refractivity contribution in [2.45, 2.75) is 82.2 Å². The van der Waals surface area contributed by atoms with Crippen LogP contribution in [-0.4, -0.2) is 53.4 Å². The third-order valence-corrected chi connectivity index (χ3v) is 7.88. The minimum atomic E-state index is -0.984. The highest BCUT2D eigenvalue weighted by Gasteiger charge is 2.47. The maximum absolute atomic E-state index is 14.1. The Hall–Kier alpha value is -3.33. The molecule has 2 unspecified atom stereocenters. The lowest BCUT2D eigenvalue weighted by atomic mass is 9.91. The summed E-state index contributed by atoms with van der Waals surface area (Å²) in [7, 11) is 0. The van der Waals surface area contributed by atoms with E-state index in [-0.39, 0.29) is 30.0 Å². The molecular formula is C30H35F2N3O4. The molecule has 5 atom stereocenters. The van der Waals surface area contributed by atoms with Crippen LogP contribution in [0.1, 0.15) is 62.7 Å². The topological polar surface area (TPSA) is 87.7 Å². The highest BCUT2D eigenvalue weighted by molar-refractivity contribution is 5.93. The maximum Gasteiger partial charge on any atom is 0.248 e. The summed E-state index contributed by atoms with van der Waals surface area (Å²) in [6, 6.07) is 10.4. The average molecular weight is 540 g/mol. The zero-order valence-electron chi connectivity index (χ0n) is 22.1. The summed E-state index contributed by atoms with van der Waals surface area (Å²) in [6.45, 7) is 2.18. The van der Waals surface area contributed by atoms with Gasteiger partial charge < -0.3 is 20.3 Å². The highest BCUT2D eigenvalue weighted by atomic mass is 19.1. The van der Waals surface area contributed by atoms with E-state index < -0.39 is 41.6 Å². The van der Waals surface area contributed by atoms with Crippen LogP contribution < -0.4 is 10.6 Å². The van der Waals surface area contributed by atoms with Crippen LogP contribution in [0.2, 0.25) is 0 Å². The molecule has 1 saturated heterocycles. The summed E-state index contributed by atoms with van der Waals surface area (Å²) in [4.78, 5) is 41.9. The van der Waals surface area contributed by atoms with Gasteiger partial charge in [-0.05, 0) is 61.8 Å². The molecule has 3 amide bonds. The van der Waals surface area contributed by atoms with Crippen molar-refractivity contribution in [2.75, 3.05) is 6.54 Å². The molecule has 2 saturated carbocycles. The van der Waals surface area contributed by atoms with Gasteiger partial charge in [0.1, 0.15) is 29.8 Å². The molecule has 0 spiro atoms. The molecule has 7 nitrogen and oxygen atoms in total. The molecule has 0 radical (unpaired) electrons. The second-order valence-corrected chi connectivity index (χ2v) is 11.0. The number of halogens is 2. The van der Waals surface area contributed by atoms with Gasteiger partial charge >= 0.3 is 0 Å². The van der Waals surface area contributed by atoms with E-state index in [1.807, 2.05) is 35.2 Å². The van der Waals surface area contributed by atoms with Gasteiger partial charge in [0.15, 0.2) is 0 Å². The molecule has 9 heteroatoms. The first-order valence-corrected chi connectivity index (χ1v) is 13.8. The number of amides is 3. The number of benzene rings is 2. The Morgan fingerprint density at radius 3 is 2.41 bits per heavy atom. The van der Waals surface area contributed by atoms with E-state index in [4.69, 9.17) is 4.74 Å². The summed E-state index contributed by atoms with van der Waals surface area (Å²) in [5.74, 6) is -2.34. The van der Waals surface area contributed by atoms with E-state index in [9.17, 15) is 23.2 Å². The van der Waals surface area contributed by atoms with E-state index in [1.54, 1.807) is 0 Å². The number of hydrogen-bond acceptors (Lipinski definition) is 4. The average Bonchev–Trinajstić information content (AvgIpc) is 3.74. The Morgan fingerprint density at radius 1 is 1.03 bits per heavy atom. The Morgan fingerprint density at radius 2 is 1.72 bits per heavy atom. The number of carbonyl (C=O) groups excluding carboxylic acids is 3. The van der Waals surface area contributed by atoms with Gasteiger partial charge in [-0.15, -0.1) is 0 Å². The first-order chi connectivity index (χ1) is 18.8. The summed E-state index contributed by atoms with van der Waals surface area (Å²) in [5.41, 5.74) is 0.964. The fraction of sp³-hybridized carbons (Fsp3) is 0.500. The molecule has 39 heavy (non-hydrogen) atoms. The fourth-order valence-electron chi connectivity index (χ4n) is 5.72. The fourth-order valence-corrected chi connectivity index (χ4v) is 5.72. The number of nitrogens with zero attached hydrogens (tertiary/aromatic N) is 1. The van der Waals surface area contributed by atoms with Crippen LogP contribution in [0, 0.1) is 17.6 Å². The molecule has 208 valence electrons. The molecule has 0 bridgehead atoms. The van der Waals surface area contributed by atoms with Gasteiger partial charge in [0, 0.05) is 12.6 Å². The van der Waals surface area contributed by atoms with Crippen molar-refractivity contribution in [3.05, 3.63) is 71.3 Å². The number of nitrogens with one attached hydrogen (secondary N) is 2. The van der Waals surface area contributed by atoms with Gasteiger partial charge in [-0.25, -0.2) is 8.78 Å². The molecular weight excluding hydrogens is 504 g/mol. The number of carbonyl (C=O) groups is 3. The van der Waals surface area contributed by atoms with Crippen molar-refractivity contribution in [2.24, 2.45) is 5.92 Å². The van der Waals surface area contributed by atoms with Crippen molar-refractivity contribution in [1.29, 1.82) is 0 Å². The lowest BCUT2D eigenvalue weighted by Gasteiger charge is -2.38. The van der Waals surface area contributed by atoms with E-state index in [0.717, 1.165) is 62.3 Å². The number of hydrogen-bond donors (Lipinski definition) is 2. The van der Waals surface area contributed by atoms with E-state index >= 15 is 0 Å². The monoisotopic (exact) mass is 539 g/mol. The highest BCUT2D eigenvalue weighted by Crippen LogP contribution is 2.39. The predicted molar refractivity (Wildman–Crippen MR) is 140 cm³/mol. The van der Waals surface area contributed by atoms with E-state index in [1.165, 1.54) is 6.92 Å². The van der Waals surface area contributed by atoms with Crippen LogP contribution in [0.25, 0.3) is 0 Å². The maximum atomic E-state index is 14.1. The molecule has 2 aliphatic carbocycles. The van der Waals surface area contributed by atoms with Crippen LogP contribution in [0.15, 0.2) is 48.5 Å². The zero-order chi connectivity index (χ0) is 27.5. The molecule has 2 aromatic carbocycles. The van der Waals surface area contributed by atoms with Crippen molar-refractivity contribution in [1.82, 2.24) is 15.5 Å². The number of ether oxygens (including phenoxy) is 1. The Bertz CT molecular complexity index is 1190. The predicted octanol–water partition coefficient (Wildman–Crippen LogP) is 3.82. The van der Waals surface area contributed by atoms with Gasteiger partial charge in [-0.1, -0.05) is 43.2 Å².